The Hall–Kier alpha value is -1.44. The summed E-state index contributed by atoms with van der Waals surface area (Å²) in [7, 11) is 3.33. The van der Waals surface area contributed by atoms with Crippen molar-refractivity contribution in [3.8, 4) is 0 Å². The summed E-state index contributed by atoms with van der Waals surface area (Å²) in [5, 5.41) is 0. The van der Waals surface area contributed by atoms with E-state index in [1.807, 2.05) is 4.90 Å². The second-order valence-corrected chi connectivity index (χ2v) is 3.38. The van der Waals surface area contributed by atoms with Crippen LogP contribution in [0.3, 0.4) is 0 Å². The summed E-state index contributed by atoms with van der Waals surface area (Å²) < 4.78 is 10.1. The molecule has 17 heavy (non-hydrogen) atoms. The fourth-order valence-electron chi connectivity index (χ4n) is 1.32. The Balaban J connectivity index is 2.71. The number of hydrogen-bond acceptors (Lipinski definition) is 7. The molecule has 0 unspecified atom stereocenters. The van der Waals surface area contributed by atoms with Crippen LogP contribution in [-0.4, -0.2) is 50.5 Å². The molecule has 0 aliphatic carbocycles. The van der Waals surface area contributed by atoms with Gasteiger partial charge in [0.25, 0.3) is 0 Å². The number of ether oxygens (including phenoxy) is 2. The molecule has 1 rings (SSSR count). The normalized spacial score (nSPS) is 10.3. The molecule has 0 spiro atoms. The molecule has 0 saturated carbocycles. The Kier molecular flexibility index (Phi) is 6.23. The minimum absolute atomic E-state index is 0.530. The number of rotatable bonds is 8. The van der Waals surface area contributed by atoms with Gasteiger partial charge in [-0.3, -0.25) is 4.98 Å². The predicted octanol–water partition coefficient (Wildman–Crippen LogP) is -0.139. The summed E-state index contributed by atoms with van der Waals surface area (Å²) in [6.07, 6.45) is 3.25. The zero-order valence-corrected chi connectivity index (χ0v) is 10.2. The molecular formula is C10H19N5O2. The fraction of sp³-hybridized carbons (Fsp3) is 0.600. The van der Waals surface area contributed by atoms with Crippen LogP contribution in [0.15, 0.2) is 12.4 Å². The molecule has 0 aliphatic rings. The van der Waals surface area contributed by atoms with Gasteiger partial charge in [0.15, 0.2) is 5.82 Å². The van der Waals surface area contributed by atoms with Crippen molar-refractivity contribution in [3.63, 3.8) is 0 Å². The molecule has 0 aliphatic heterocycles. The summed E-state index contributed by atoms with van der Waals surface area (Å²) in [6, 6.07) is 0. The molecule has 3 N–H and O–H groups in total. The van der Waals surface area contributed by atoms with Gasteiger partial charge in [-0.05, 0) is 0 Å². The molecule has 0 radical (unpaired) electrons. The first kappa shape index (κ1) is 13.6. The molecule has 0 aromatic carbocycles. The van der Waals surface area contributed by atoms with Crippen molar-refractivity contribution < 1.29 is 9.47 Å². The van der Waals surface area contributed by atoms with Crippen LogP contribution in [0.25, 0.3) is 0 Å². The number of anilines is 2. The van der Waals surface area contributed by atoms with Crippen molar-refractivity contribution in [2.45, 2.75) is 0 Å². The Morgan fingerprint density at radius 1 is 1.24 bits per heavy atom. The lowest BCUT2D eigenvalue weighted by molar-refractivity contribution is 0.190. The highest BCUT2D eigenvalue weighted by atomic mass is 16.5. The van der Waals surface area contributed by atoms with E-state index in [1.165, 1.54) is 0 Å². The van der Waals surface area contributed by atoms with Gasteiger partial charge in [-0.2, -0.15) is 0 Å². The fourth-order valence-corrected chi connectivity index (χ4v) is 1.32. The molecule has 0 fully saturated rings. The van der Waals surface area contributed by atoms with Crippen molar-refractivity contribution in [3.05, 3.63) is 12.4 Å². The van der Waals surface area contributed by atoms with Crippen LogP contribution >= 0.6 is 0 Å². The van der Waals surface area contributed by atoms with Crippen molar-refractivity contribution in [1.29, 1.82) is 0 Å². The van der Waals surface area contributed by atoms with Crippen molar-refractivity contribution in [2.75, 3.05) is 50.8 Å². The Labute approximate surface area is 101 Å². The summed E-state index contributed by atoms with van der Waals surface area (Å²) in [4.78, 5) is 10.4. The lowest BCUT2D eigenvalue weighted by atomic mass is 10.4. The van der Waals surface area contributed by atoms with Gasteiger partial charge < -0.3 is 19.8 Å². The zero-order chi connectivity index (χ0) is 12.5. The quantitative estimate of drug-likeness (QED) is 0.484. The zero-order valence-electron chi connectivity index (χ0n) is 10.2. The Morgan fingerprint density at radius 2 is 1.88 bits per heavy atom. The van der Waals surface area contributed by atoms with Crippen molar-refractivity contribution in [1.82, 2.24) is 9.97 Å². The van der Waals surface area contributed by atoms with Gasteiger partial charge in [0.05, 0.1) is 25.6 Å². The number of nitrogens with one attached hydrogen (secondary N) is 1. The maximum absolute atomic E-state index is 5.30. The number of nitrogens with two attached hydrogens (primary N) is 1. The van der Waals surface area contributed by atoms with Gasteiger partial charge in [-0.25, -0.2) is 10.8 Å². The Bertz CT molecular complexity index is 315. The predicted molar refractivity (Wildman–Crippen MR) is 65.8 cm³/mol. The third-order valence-corrected chi connectivity index (χ3v) is 2.22. The smallest absolute Gasteiger partial charge is 0.160 e. The van der Waals surface area contributed by atoms with Crippen LogP contribution < -0.4 is 16.2 Å². The molecule has 1 aromatic rings. The highest BCUT2D eigenvalue weighted by molar-refractivity contribution is 5.43. The van der Waals surface area contributed by atoms with E-state index >= 15 is 0 Å². The molecular weight excluding hydrogens is 222 g/mol. The maximum Gasteiger partial charge on any atom is 0.160 e. The van der Waals surface area contributed by atoms with Crippen LogP contribution in [0.5, 0.6) is 0 Å². The second kappa shape index (κ2) is 7.77. The minimum Gasteiger partial charge on any atom is -0.383 e. The number of aromatic nitrogens is 2. The third-order valence-electron chi connectivity index (χ3n) is 2.22. The van der Waals surface area contributed by atoms with E-state index in [2.05, 4.69) is 15.4 Å². The third kappa shape index (κ3) is 4.51. The largest absolute Gasteiger partial charge is 0.383 e. The number of nitrogen functional groups attached to an aromatic ring is 1. The first-order valence-electron chi connectivity index (χ1n) is 5.33. The van der Waals surface area contributed by atoms with E-state index < -0.39 is 0 Å². The monoisotopic (exact) mass is 241 g/mol. The molecule has 1 heterocycles. The van der Waals surface area contributed by atoms with Crippen LogP contribution in [-0.2, 0) is 9.47 Å². The lowest BCUT2D eigenvalue weighted by Gasteiger charge is -2.22. The first-order valence-corrected chi connectivity index (χ1v) is 5.33. The number of hydrogen-bond donors (Lipinski definition) is 2. The van der Waals surface area contributed by atoms with E-state index in [0.29, 0.717) is 19.0 Å². The highest BCUT2D eigenvalue weighted by Gasteiger charge is 2.08. The summed E-state index contributed by atoms with van der Waals surface area (Å²) in [5.74, 6) is 6.57. The van der Waals surface area contributed by atoms with Crippen LogP contribution in [0.4, 0.5) is 11.6 Å². The molecule has 1 aromatic heterocycles. The first-order chi connectivity index (χ1) is 8.31. The second-order valence-electron chi connectivity index (χ2n) is 3.38. The van der Waals surface area contributed by atoms with Crippen LogP contribution in [0.1, 0.15) is 0 Å². The van der Waals surface area contributed by atoms with Gasteiger partial charge >= 0.3 is 0 Å². The van der Waals surface area contributed by atoms with E-state index in [0.717, 1.165) is 18.9 Å². The van der Waals surface area contributed by atoms with Crippen LogP contribution in [0, 0.1) is 0 Å². The standard InChI is InChI=1S/C10H19N5O2/c1-16-5-3-15(4-6-17-2)10-8-12-7-9(13-10)14-11/h7-8H,3-6,11H2,1-2H3,(H,13,14). The average Bonchev–Trinajstić information content (AvgIpc) is 2.39. The van der Waals surface area contributed by atoms with E-state index in [1.54, 1.807) is 26.6 Å². The number of nitrogens with zero attached hydrogens (tertiary/aromatic N) is 3. The van der Waals surface area contributed by atoms with Crippen LogP contribution in [0.2, 0.25) is 0 Å². The maximum atomic E-state index is 5.30. The van der Waals surface area contributed by atoms with Crippen molar-refractivity contribution in [2.24, 2.45) is 5.84 Å². The molecule has 7 heteroatoms. The number of methoxy groups -OCH3 is 2. The molecule has 96 valence electrons. The van der Waals surface area contributed by atoms with Gasteiger partial charge in [0, 0.05) is 27.3 Å². The highest BCUT2D eigenvalue weighted by Crippen LogP contribution is 2.11. The molecule has 0 atom stereocenters. The van der Waals surface area contributed by atoms with Crippen molar-refractivity contribution >= 4 is 11.6 Å². The van der Waals surface area contributed by atoms with E-state index in [4.69, 9.17) is 15.3 Å². The summed E-state index contributed by atoms with van der Waals surface area (Å²) in [5.41, 5.74) is 2.47. The van der Waals surface area contributed by atoms with E-state index in [-0.39, 0.29) is 0 Å². The molecule has 0 amide bonds. The van der Waals surface area contributed by atoms with Gasteiger partial charge in [0.2, 0.25) is 0 Å². The topological polar surface area (TPSA) is 85.5 Å². The lowest BCUT2D eigenvalue weighted by Crippen LogP contribution is -2.31. The van der Waals surface area contributed by atoms with Gasteiger partial charge in [-0.15, -0.1) is 0 Å². The summed E-state index contributed by atoms with van der Waals surface area (Å²) in [6.45, 7) is 2.68. The molecule has 0 bridgehead atoms. The average molecular weight is 241 g/mol. The summed E-state index contributed by atoms with van der Waals surface area (Å²) >= 11 is 0. The minimum atomic E-state index is 0.530. The SMILES string of the molecule is COCCN(CCOC)c1cncc(NN)n1. The number of hydrazine groups is 1. The van der Waals surface area contributed by atoms with Gasteiger partial charge in [-0.1, -0.05) is 0 Å². The van der Waals surface area contributed by atoms with E-state index in [9.17, 15) is 0 Å². The van der Waals surface area contributed by atoms with Gasteiger partial charge in [0.1, 0.15) is 5.82 Å². The molecule has 7 nitrogen and oxygen atoms in total. The Morgan fingerprint density at radius 3 is 2.41 bits per heavy atom. The molecule has 0 saturated heterocycles.